The molecule has 3 rings (SSSR count). The van der Waals surface area contributed by atoms with Gasteiger partial charge in [-0.1, -0.05) is 22.0 Å². The Bertz CT molecular complexity index is 1270. The first-order chi connectivity index (χ1) is 14.2. The fraction of sp³-hybridized carbons (Fsp3) is 0.211. The molecule has 3 aromatic rings. The molecular formula is C19H18BrN5O5. The molecule has 0 fully saturated rings. The monoisotopic (exact) mass is 475 g/mol. The number of benzene rings is 1. The first kappa shape index (κ1) is 21.2. The molecule has 156 valence electrons. The number of nitrogens with zero attached hydrogens (tertiary/aromatic N) is 3. The molecule has 0 saturated heterocycles. The summed E-state index contributed by atoms with van der Waals surface area (Å²) in [5, 5.41) is 0.191. The van der Waals surface area contributed by atoms with E-state index in [2.05, 4.69) is 31.8 Å². The van der Waals surface area contributed by atoms with Crippen LogP contribution < -0.4 is 26.8 Å². The van der Waals surface area contributed by atoms with Crippen LogP contribution >= 0.6 is 15.9 Å². The maximum atomic E-state index is 12.4. The summed E-state index contributed by atoms with van der Waals surface area (Å²) in [6.07, 6.45) is -0.881. The number of fused-ring (bicyclic) bond motifs is 1. The number of nitrogens with one attached hydrogen (secondary N) is 2. The molecule has 2 aromatic heterocycles. The van der Waals surface area contributed by atoms with Crippen molar-refractivity contribution in [2.24, 2.45) is 14.1 Å². The number of amides is 2. The van der Waals surface area contributed by atoms with Gasteiger partial charge in [0.1, 0.15) is 17.1 Å². The van der Waals surface area contributed by atoms with E-state index in [-0.39, 0.29) is 16.7 Å². The highest BCUT2D eigenvalue weighted by molar-refractivity contribution is 9.10. The van der Waals surface area contributed by atoms with Gasteiger partial charge in [-0.15, -0.1) is 0 Å². The Morgan fingerprint density at radius 1 is 1.10 bits per heavy atom. The summed E-state index contributed by atoms with van der Waals surface area (Å²) in [5.74, 6) is -0.810. The molecule has 1 aromatic carbocycles. The first-order valence-electron chi connectivity index (χ1n) is 8.78. The summed E-state index contributed by atoms with van der Waals surface area (Å²) < 4.78 is 8.44. The van der Waals surface area contributed by atoms with Gasteiger partial charge in [-0.3, -0.25) is 34.4 Å². The SMILES string of the molecule is CC(Oc1cccc(Br)c1)C(=O)NNC(=O)c1ccc2c(=O)n(C)c(=O)n(C)c2n1. The number of carbonyl (C=O) groups is 2. The highest BCUT2D eigenvalue weighted by Gasteiger charge is 2.18. The standard InChI is InChI=1S/C19H18BrN5O5/c1-10(30-12-6-4-5-11(20)9-12)16(26)22-23-17(27)14-8-7-13-15(21-14)24(2)19(29)25(3)18(13)28/h4-10H,1-3H3,(H,22,26)(H,23,27). The molecule has 0 radical (unpaired) electrons. The maximum absolute atomic E-state index is 12.4. The van der Waals surface area contributed by atoms with E-state index in [1.54, 1.807) is 18.2 Å². The number of hydrogen-bond donors (Lipinski definition) is 2. The lowest BCUT2D eigenvalue weighted by atomic mass is 10.2. The van der Waals surface area contributed by atoms with Crippen LogP contribution in [-0.4, -0.2) is 32.0 Å². The largest absolute Gasteiger partial charge is 0.481 e. The van der Waals surface area contributed by atoms with E-state index >= 15 is 0 Å². The summed E-state index contributed by atoms with van der Waals surface area (Å²) >= 11 is 3.31. The highest BCUT2D eigenvalue weighted by atomic mass is 79.9. The Balaban J connectivity index is 1.71. The minimum absolute atomic E-state index is 0.0634. The van der Waals surface area contributed by atoms with Crippen molar-refractivity contribution in [3.05, 3.63) is 67.4 Å². The van der Waals surface area contributed by atoms with E-state index in [0.717, 1.165) is 9.04 Å². The van der Waals surface area contributed by atoms with Crippen LogP contribution in [0.1, 0.15) is 17.4 Å². The average Bonchev–Trinajstić information content (AvgIpc) is 2.73. The first-order valence-corrected chi connectivity index (χ1v) is 9.57. The fourth-order valence-electron chi connectivity index (χ4n) is 2.66. The predicted octanol–water partition coefficient (Wildman–Crippen LogP) is 0.623. The Kier molecular flexibility index (Phi) is 6.01. The van der Waals surface area contributed by atoms with Gasteiger partial charge in [-0.05, 0) is 37.3 Å². The molecule has 0 spiro atoms. The molecule has 0 saturated carbocycles. The predicted molar refractivity (Wildman–Crippen MR) is 112 cm³/mol. The van der Waals surface area contributed by atoms with Gasteiger partial charge in [0.2, 0.25) is 0 Å². The van der Waals surface area contributed by atoms with Crippen LogP contribution in [0, 0.1) is 0 Å². The number of aryl methyl sites for hydroxylation is 1. The van der Waals surface area contributed by atoms with Gasteiger partial charge in [0.05, 0.1) is 5.39 Å². The summed E-state index contributed by atoms with van der Waals surface area (Å²) in [7, 11) is 2.80. The van der Waals surface area contributed by atoms with Crippen LogP contribution in [0.3, 0.4) is 0 Å². The Hall–Kier alpha value is -3.47. The van der Waals surface area contributed by atoms with E-state index in [1.807, 2.05) is 6.07 Å². The van der Waals surface area contributed by atoms with E-state index < -0.39 is 29.2 Å². The number of aromatic nitrogens is 3. The van der Waals surface area contributed by atoms with E-state index in [1.165, 1.54) is 37.7 Å². The van der Waals surface area contributed by atoms with Crippen LogP contribution in [-0.2, 0) is 18.9 Å². The number of hydrogen-bond acceptors (Lipinski definition) is 6. The van der Waals surface area contributed by atoms with Gasteiger partial charge in [-0.25, -0.2) is 9.78 Å². The van der Waals surface area contributed by atoms with Crippen molar-refractivity contribution in [3.8, 4) is 5.75 Å². The van der Waals surface area contributed by atoms with Gasteiger partial charge in [0, 0.05) is 18.6 Å². The molecule has 2 N–H and O–H groups in total. The quantitative estimate of drug-likeness (QED) is 0.533. The van der Waals surface area contributed by atoms with Crippen LogP contribution in [0.15, 0.2) is 50.5 Å². The zero-order valence-electron chi connectivity index (χ0n) is 16.3. The number of hydrazine groups is 1. The molecular weight excluding hydrogens is 458 g/mol. The molecule has 10 nitrogen and oxygen atoms in total. The average molecular weight is 476 g/mol. The van der Waals surface area contributed by atoms with Gasteiger partial charge >= 0.3 is 5.69 Å². The maximum Gasteiger partial charge on any atom is 0.332 e. The smallest absolute Gasteiger partial charge is 0.332 e. The molecule has 1 unspecified atom stereocenters. The van der Waals surface area contributed by atoms with Crippen LogP contribution in [0.4, 0.5) is 0 Å². The minimum atomic E-state index is -0.881. The van der Waals surface area contributed by atoms with E-state index in [0.29, 0.717) is 5.75 Å². The molecule has 2 amide bonds. The number of pyridine rings is 1. The van der Waals surface area contributed by atoms with Crippen molar-refractivity contribution in [2.45, 2.75) is 13.0 Å². The third-order valence-electron chi connectivity index (χ3n) is 4.31. The normalized spacial score (nSPS) is 11.7. The Morgan fingerprint density at radius 2 is 1.83 bits per heavy atom. The second-order valence-corrected chi connectivity index (χ2v) is 7.35. The lowest BCUT2D eigenvalue weighted by Gasteiger charge is -2.15. The molecule has 0 bridgehead atoms. The summed E-state index contributed by atoms with van der Waals surface area (Å²) in [6, 6.07) is 9.71. The summed E-state index contributed by atoms with van der Waals surface area (Å²) in [4.78, 5) is 52.9. The van der Waals surface area contributed by atoms with Gasteiger partial charge < -0.3 is 4.74 Å². The van der Waals surface area contributed by atoms with Crippen LogP contribution in [0.5, 0.6) is 5.75 Å². The van der Waals surface area contributed by atoms with E-state index in [9.17, 15) is 19.2 Å². The van der Waals surface area contributed by atoms with Crippen molar-refractivity contribution < 1.29 is 14.3 Å². The number of carbonyl (C=O) groups excluding carboxylic acids is 2. The second-order valence-electron chi connectivity index (χ2n) is 6.43. The van der Waals surface area contributed by atoms with Crippen molar-refractivity contribution in [1.29, 1.82) is 0 Å². The zero-order chi connectivity index (χ0) is 22.0. The van der Waals surface area contributed by atoms with Crippen LogP contribution in [0.2, 0.25) is 0 Å². The van der Waals surface area contributed by atoms with Crippen molar-refractivity contribution in [3.63, 3.8) is 0 Å². The third-order valence-corrected chi connectivity index (χ3v) is 4.81. The van der Waals surface area contributed by atoms with Crippen molar-refractivity contribution >= 4 is 38.8 Å². The number of rotatable bonds is 4. The lowest BCUT2D eigenvalue weighted by molar-refractivity contribution is -0.128. The molecule has 0 aliphatic carbocycles. The fourth-order valence-corrected chi connectivity index (χ4v) is 3.04. The number of halogens is 1. The molecule has 1 atom stereocenters. The van der Waals surface area contributed by atoms with Crippen molar-refractivity contribution in [1.82, 2.24) is 25.0 Å². The molecule has 2 heterocycles. The van der Waals surface area contributed by atoms with Gasteiger partial charge in [0.15, 0.2) is 6.10 Å². The van der Waals surface area contributed by atoms with Crippen molar-refractivity contribution in [2.75, 3.05) is 0 Å². The molecule has 30 heavy (non-hydrogen) atoms. The highest BCUT2D eigenvalue weighted by Crippen LogP contribution is 2.18. The summed E-state index contributed by atoms with van der Waals surface area (Å²) in [5.41, 5.74) is 3.41. The molecule has 0 aliphatic rings. The van der Waals surface area contributed by atoms with Gasteiger partial charge in [-0.2, -0.15) is 0 Å². The molecule has 11 heteroatoms. The zero-order valence-corrected chi connectivity index (χ0v) is 17.9. The third kappa shape index (κ3) is 4.25. The number of ether oxygens (including phenoxy) is 1. The Labute approximate surface area is 178 Å². The van der Waals surface area contributed by atoms with Crippen LogP contribution in [0.25, 0.3) is 11.0 Å². The van der Waals surface area contributed by atoms with Gasteiger partial charge in [0.25, 0.3) is 17.4 Å². The summed E-state index contributed by atoms with van der Waals surface area (Å²) in [6.45, 7) is 1.53. The second kappa shape index (κ2) is 8.49. The lowest BCUT2D eigenvalue weighted by Crippen LogP contribution is -2.47. The Morgan fingerprint density at radius 3 is 2.53 bits per heavy atom. The van der Waals surface area contributed by atoms with E-state index in [4.69, 9.17) is 4.74 Å². The molecule has 0 aliphatic heterocycles. The topological polar surface area (TPSA) is 124 Å². The minimum Gasteiger partial charge on any atom is -0.481 e.